The number of aromatic nitrogens is 3. The van der Waals surface area contributed by atoms with Gasteiger partial charge in [-0.3, -0.25) is 0 Å². The van der Waals surface area contributed by atoms with Crippen LogP contribution in [0, 0.1) is 5.92 Å². The van der Waals surface area contributed by atoms with Gasteiger partial charge in [-0.15, -0.1) is 10.2 Å². The summed E-state index contributed by atoms with van der Waals surface area (Å²) in [5.74, 6) is 2.42. The summed E-state index contributed by atoms with van der Waals surface area (Å²) in [7, 11) is 4.08. The van der Waals surface area contributed by atoms with Crippen LogP contribution in [0.3, 0.4) is 0 Å². The fourth-order valence-corrected chi connectivity index (χ4v) is 2.57. The molecular weight excluding hydrogens is 188 g/mol. The van der Waals surface area contributed by atoms with Gasteiger partial charge in [-0.25, -0.2) is 0 Å². The van der Waals surface area contributed by atoms with Crippen molar-refractivity contribution in [3.63, 3.8) is 0 Å². The summed E-state index contributed by atoms with van der Waals surface area (Å²) in [5, 5.41) is 11.6. The van der Waals surface area contributed by atoms with Crippen LogP contribution < -0.4 is 5.32 Å². The first-order valence-electron chi connectivity index (χ1n) is 5.73. The zero-order valence-corrected chi connectivity index (χ0v) is 9.77. The number of hydrogen-bond donors (Lipinski definition) is 1. The highest BCUT2D eigenvalue weighted by Crippen LogP contribution is 2.36. The minimum absolute atomic E-state index is 0.559. The first-order chi connectivity index (χ1) is 7.22. The first kappa shape index (κ1) is 10.6. The van der Waals surface area contributed by atoms with Crippen molar-refractivity contribution in [2.24, 2.45) is 13.0 Å². The molecule has 1 heterocycles. The average Bonchev–Trinajstić information content (AvgIpc) is 2.65. The molecule has 0 amide bonds. The van der Waals surface area contributed by atoms with Gasteiger partial charge >= 0.3 is 0 Å². The highest BCUT2D eigenvalue weighted by molar-refractivity contribution is 5.02. The number of hydrogen-bond acceptors (Lipinski definition) is 3. The topological polar surface area (TPSA) is 42.7 Å². The predicted octanol–water partition coefficient (Wildman–Crippen LogP) is 1.31. The molecular formula is C11H20N4. The Kier molecular flexibility index (Phi) is 3.05. The second-order valence-corrected chi connectivity index (χ2v) is 4.68. The average molecular weight is 208 g/mol. The number of nitrogens with one attached hydrogen (secondary N) is 1. The molecule has 0 saturated heterocycles. The van der Waals surface area contributed by atoms with Crippen molar-refractivity contribution in [2.45, 2.75) is 38.1 Å². The molecule has 1 aliphatic rings. The van der Waals surface area contributed by atoms with Gasteiger partial charge in [0.15, 0.2) is 0 Å². The van der Waals surface area contributed by atoms with Crippen LogP contribution in [0.15, 0.2) is 6.33 Å². The molecule has 1 aromatic heterocycles. The third kappa shape index (κ3) is 2.04. The minimum atomic E-state index is 0.559. The Morgan fingerprint density at radius 2 is 2.27 bits per heavy atom. The summed E-state index contributed by atoms with van der Waals surface area (Å²) in [6.45, 7) is 2.32. The second-order valence-electron chi connectivity index (χ2n) is 4.68. The Morgan fingerprint density at radius 3 is 2.87 bits per heavy atom. The third-order valence-corrected chi connectivity index (χ3v) is 3.68. The molecule has 0 aliphatic heterocycles. The Bertz CT molecular complexity index is 320. The molecule has 1 saturated carbocycles. The number of aryl methyl sites for hydroxylation is 1. The molecule has 4 heteroatoms. The maximum atomic E-state index is 4.24. The molecule has 1 aliphatic carbocycles. The van der Waals surface area contributed by atoms with Gasteiger partial charge < -0.3 is 9.88 Å². The van der Waals surface area contributed by atoms with Gasteiger partial charge in [0.2, 0.25) is 0 Å². The summed E-state index contributed by atoms with van der Waals surface area (Å²) < 4.78 is 2.05. The fourth-order valence-electron chi connectivity index (χ4n) is 2.57. The molecule has 15 heavy (non-hydrogen) atoms. The quantitative estimate of drug-likeness (QED) is 0.796. The van der Waals surface area contributed by atoms with Crippen molar-refractivity contribution in [1.29, 1.82) is 0 Å². The van der Waals surface area contributed by atoms with E-state index in [9.17, 15) is 0 Å². The number of nitrogens with zero attached hydrogens (tertiary/aromatic N) is 3. The van der Waals surface area contributed by atoms with E-state index in [1.807, 2.05) is 14.1 Å². The van der Waals surface area contributed by atoms with Gasteiger partial charge in [-0.05, 0) is 32.2 Å². The molecule has 3 atom stereocenters. The summed E-state index contributed by atoms with van der Waals surface area (Å²) in [4.78, 5) is 0. The molecule has 0 spiro atoms. The Balaban J connectivity index is 2.16. The van der Waals surface area contributed by atoms with E-state index in [2.05, 4.69) is 27.0 Å². The maximum absolute atomic E-state index is 4.24. The highest BCUT2D eigenvalue weighted by atomic mass is 15.2. The van der Waals surface area contributed by atoms with E-state index in [4.69, 9.17) is 0 Å². The van der Waals surface area contributed by atoms with Gasteiger partial charge in [0, 0.05) is 19.0 Å². The molecule has 2 rings (SSSR count). The van der Waals surface area contributed by atoms with Crippen LogP contribution in [0.4, 0.5) is 0 Å². The smallest absolute Gasteiger partial charge is 0.135 e. The second kappa shape index (κ2) is 4.31. The van der Waals surface area contributed by atoms with E-state index in [0.29, 0.717) is 12.0 Å². The first-order valence-corrected chi connectivity index (χ1v) is 5.73. The van der Waals surface area contributed by atoms with E-state index in [1.54, 1.807) is 6.33 Å². The van der Waals surface area contributed by atoms with Crippen LogP contribution >= 0.6 is 0 Å². The van der Waals surface area contributed by atoms with Crippen molar-refractivity contribution in [3.8, 4) is 0 Å². The van der Waals surface area contributed by atoms with Gasteiger partial charge in [-0.2, -0.15) is 0 Å². The van der Waals surface area contributed by atoms with Crippen LogP contribution in [0.1, 0.15) is 37.9 Å². The van der Waals surface area contributed by atoms with Crippen molar-refractivity contribution >= 4 is 0 Å². The largest absolute Gasteiger partial charge is 0.320 e. The van der Waals surface area contributed by atoms with E-state index in [0.717, 1.165) is 11.7 Å². The van der Waals surface area contributed by atoms with E-state index < -0.39 is 0 Å². The molecule has 3 unspecified atom stereocenters. The van der Waals surface area contributed by atoms with Crippen LogP contribution in [0.5, 0.6) is 0 Å². The van der Waals surface area contributed by atoms with E-state index in [1.165, 1.54) is 19.3 Å². The SMILES string of the molecule is CNC1CCC(C)C(c2nncn2C)C1. The van der Waals surface area contributed by atoms with Gasteiger partial charge in [-0.1, -0.05) is 6.92 Å². The van der Waals surface area contributed by atoms with Gasteiger partial charge in [0.05, 0.1) is 0 Å². The van der Waals surface area contributed by atoms with Crippen molar-refractivity contribution in [3.05, 3.63) is 12.2 Å². The summed E-state index contributed by atoms with van der Waals surface area (Å²) in [5.41, 5.74) is 0. The maximum Gasteiger partial charge on any atom is 0.135 e. The van der Waals surface area contributed by atoms with Crippen molar-refractivity contribution in [2.75, 3.05) is 7.05 Å². The van der Waals surface area contributed by atoms with Crippen molar-refractivity contribution < 1.29 is 0 Å². The standard InChI is InChI=1S/C11H20N4/c1-8-4-5-9(12-2)6-10(8)11-14-13-7-15(11)3/h7-10,12H,4-6H2,1-3H3. The summed E-state index contributed by atoms with van der Waals surface area (Å²) in [6.07, 6.45) is 5.55. The summed E-state index contributed by atoms with van der Waals surface area (Å²) >= 11 is 0. The summed E-state index contributed by atoms with van der Waals surface area (Å²) in [6, 6.07) is 0.642. The molecule has 1 fully saturated rings. The lowest BCUT2D eigenvalue weighted by molar-refractivity contribution is 0.265. The highest BCUT2D eigenvalue weighted by Gasteiger charge is 2.30. The minimum Gasteiger partial charge on any atom is -0.320 e. The molecule has 1 N–H and O–H groups in total. The number of rotatable bonds is 2. The molecule has 1 aromatic rings. The lowest BCUT2D eigenvalue weighted by Gasteiger charge is -2.33. The van der Waals surface area contributed by atoms with Crippen LogP contribution in [-0.2, 0) is 7.05 Å². The van der Waals surface area contributed by atoms with Gasteiger partial charge in [0.1, 0.15) is 12.2 Å². The lowest BCUT2D eigenvalue weighted by atomic mass is 9.77. The van der Waals surface area contributed by atoms with Crippen LogP contribution in [-0.4, -0.2) is 27.9 Å². The Hall–Kier alpha value is -0.900. The van der Waals surface area contributed by atoms with Crippen LogP contribution in [0.2, 0.25) is 0 Å². The third-order valence-electron chi connectivity index (χ3n) is 3.68. The molecule has 0 radical (unpaired) electrons. The zero-order chi connectivity index (χ0) is 10.8. The monoisotopic (exact) mass is 208 g/mol. The molecule has 0 bridgehead atoms. The predicted molar refractivity (Wildman–Crippen MR) is 59.6 cm³/mol. The molecule has 0 aromatic carbocycles. The van der Waals surface area contributed by atoms with E-state index >= 15 is 0 Å². The zero-order valence-electron chi connectivity index (χ0n) is 9.77. The Labute approximate surface area is 91.1 Å². The lowest BCUT2D eigenvalue weighted by Crippen LogP contribution is -2.34. The fraction of sp³-hybridized carbons (Fsp3) is 0.818. The van der Waals surface area contributed by atoms with Crippen LogP contribution in [0.25, 0.3) is 0 Å². The van der Waals surface area contributed by atoms with E-state index in [-0.39, 0.29) is 0 Å². The molecule has 4 nitrogen and oxygen atoms in total. The normalized spacial score (nSPS) is 31.8. The van der Waals surface area contributed by atoms with Crippen molar-refractivity contribution in [1.82, 2.24) is 20.1 Å². The Morgan fingerprint density at radius 1 is 1.47 bits per heavy atom. The van der Waals surface area contributed by atoms with Gasteiger partial charge in [0.25, 0.3) is 0 Å². The molecule has 84 valence electrons.